The Balaban J connectivity index is 1.88. The monoisotopic (exact) mass is 322 g/mol. The number of ether oxygens (including phenoxy) is 1. The van der Waals surface area contributed by atoms with Crippen molar-refractivity contribution in [3.05, 3.63) is 0 Å². The van der Waals surface area contributed by atoms with Crippen LogP contribution in [-0.2, 0) is 4.74 Å². The lowest BCUT2D eigenvalue weighted by Crippen LogP contribution is -2.29. The molecule has 1 nitrogen and oxygen atoms in total. The lowest BCUT2D eigenvalue weighted by atomic mass is 9.92. The summed E-state index contributed by atoms with van der Waals surface area (Å²) in [4.78, 5) is 0. The van der Waals surface area contributed by atoms with Gasteiger partial charge < -0.3 is 4.74 Å². The molecule has 0 aromatic rings. The molecule has 0 aromatic carbocycles. The Morgan fingerprint density at radius 3 is 2.33 bits per heavy atom. The lowest BCUT2D eigenvalue weighted by Gasteiger charge is -2.26. The Bertz CT molecular complexity index is 199. The SMILES string of the molecule is CC1(CI)CCC(C2CCCCCC2)O1. The molecule has 1 heterocycles. The fourth-order valence-electron chi connectivity index (χ4n) is 3.04. The van der Waals surface area contributed by atoms with E-state index >= 15 is 0 Å². The van der Waals surface area contributed by atoms with Gasteiger partial charge in [0.1, 0.15) is 0 Å². The van der Waals surface area contributed by atoms with Crippen LogP contribution in [0.15, 0.2) is 0 Å². The van der Waals surface area contributed by atoms with Crippen molar-refractivity contribution in [2.24, 2.45) is 5.92 Å². The maximum absolute atomic E-state index is 6.29. The van der Waals surface area contributed by atoms with Gasteiger partial charge >= 0.3 is 0 Å². The van der Waals surface area contributed by atoms with E-state index in [0.29, 0.717) is 6.10 Å². The molecular weight excluding hydrogens is 299 g/mol. The van der Waals surface area contributed by atoms with Crippen LogP contribution in [-0.4, -0.2) is 16.1 Å². The molecule has 88 valence electrons. The Kier molecular flexibility index (Phi) is 4.33. The first-order valence-corrected chi connectivity index (χ1v) is 8.00. The summed E-state index contributed by atoms with van der Waals surface area (Å²) in [6.45, 7) is 2.29. The number of alkyl halides is 1. The molecule has 0 N–H and O–H groups in total. The molecule has 1 saturated heterocycles. The molecule has 0 spiro atoms. The van der Waals surface area contributed by atoms with Gasteiger partial charge in [0, 0.05) is 4.43 Å². The molecule has 0 aromatic heterocycles. The summed E-state index contributed by atoms with van der Waals surface area (Å²) >= 11 is 2.47. The van der Waals surface area contributed by atoms with Crippen LogP contribution in [0.4, 0.5) is 0 Å². The highest BCUT2D eigenvalue weighted by Gasteiger charge is 2.38. The van der Waals surface area contributed by atoms with Crippen molar-refractivity contribution in [2.75, 3.05) is 4.43 Å². The first kappa shape index (κ1) is 12.2. The largest absolute Gasteiger partial charge is 0.371 e. The summed E-state index contributed by atoms with van der Waals surface area (Å²) in [7, 11) is 0. The molecule has 2 atom stereocenters. The predicted molar refractivity (Wildman–Crippen MR) is 72.6 cm³/mol. The summed E-state index contributed by atoms with van der Waals surface area (Å²) in [6.07, 6.45) is 11.8. The number of halogens is 1. The molecule has 15 heavy (non-hydrogen) atoms. The van der Waals surface area contributed by atoms with Crippen molar-refractivity contribution in [1.82, 2.24) is 0 Å². The maximum atomic E-state index is 6.29. The third-order valence-electron chi connectivity index (χ3n) is 4.10. The molecule has 2 fully saturated rings. The van der Waals surface area contributed by atoms with Crippen LogP contribution in [0.1, 0.15) is 58.3 Å². The van der Waals surface area contributed by atoms with Gasteiger partial charge in [0.25, 0.3) is 0 Å². The van der Waals surface area contributed by atoms with E-state index in [4.69, 9.17) is 4.74 Å². The summed E-state index contributed by atoms with van der Waals surface area (Å²) in [5.74, 6) is 0.872. The van der Waals surface area contributed by atoms with E-state index in [1.54, 1.807) is 0 Å². The van der Waals surface area contributed by atoms with E-state index in [2.05, 4.69) is 29.5 Å². The van der Waals surface area contributed by atoms with Crippen molar-refractivity contribution in [3.8, 4) is 0 Å². The van der Waals surface area contributed by atoms with Crippen molar-refractivity contribution >= 4 is 22.6 Å². The average Bonchev–Trinajstić information content (AvgIpc) is 2.50. The average molecular weight is 322 g/mol. The van der Waals surface area contributed by atoms with Gasteiger partial charge in [-0.05, 0) is 38.5 Å². The Morgan fingerprint density at radius 1 is 1.13 bits per heavy atom. The zero-order valence-corrected chi connectivity index (χ0v) is 12.0. The minimum Gasteiger partial charge on any atom is -0.371 e. The summed E-state index contributed by atoms with van der Waals surface area (Å²) in [5, 5.41) is 0. The molecule has 2 unspecified atom stereocenters. The summed E-state index contributed by atoms with van der Waals surface area (Å²) in [6, 6.07) is 0. The third kappa shape index (κ3) is 3.09. The fraction of sp³-hybridized carbons (Fsp3) is 1.00. The van der Waals surface area contributed by atoms with Gasteiger partial charge in [-0.1, -0.05) is 48.3 Å². The maximum Gasteiger partial charge on any atom is 0.0748 e. The van der Waals surface area contributed by atoms with Crippen LogP contribution in [0, 0.1) is 5.92 Å². The second kappa shape index (κ2) is 5.35. The minimum absolute atomic E-state index is 0.192. The van der Waals surface area contributed by atoms with Crippen molar-refractivity contribution < 1.29 is 4.74 Å². The van der Waals surface area contributed by atoms with Crippen LogP contribution in [0.3, 0.4) is 0 Å². The van der Waals surface area contributed by atoms with Crippen LogP contribution in [0.2, 0.25) is 0 Å². The molecule has 0 bridgehead atoms. The molecule has 2 heteroatoms. The number of hydrogen-bond acceptors (Lipinski definition) is 1. The molecule has 2 aliphatic rings. The highest BCUT2D eigenvalue weighted by Crippen LogP contribution is 2.39. The van der Waals surface area contributed by atoms with E-state index in [9.17, 15) is 0 Å². The Labute approximate surface area is 107 Å². The second-order valence-electron chi connectivity index (χ2n) is 5.53. The smallest absolute Gasteiger partial charge is 0.0748 e. The Hall–Kier alpha value is 0.690. The zero-order valence-electron chi connectivity index (χ0n) is 9.80. The van der Waals surface area contributed by atoms with Crippen LogP contribution in [0.5, 0.6) is 0 Å². The quantitative estimate of drug-likeness (QED) is 0.418. The molecule has 1 aliphatic carbocycles. The van der Waals surface area contributed by atoms with Crippen molar-refractivity contribution in [3.63, 3.8) is 0 Å². The minimum atomic E-state index is 0.192. The van der Waals surface area contributed by atoms with Gasteiger partial charge in [0.05, 0.1) is 11.7 Å². The van der Waals surface area contributed by atoms with Gasteiger partial charge in [-0.3, -0.25) is 0 Å². The van der Waals surface area contributed by atoms with Gasteiger partial charge in [-0.25, -0.2) is 0 Å². The normalized spacial score (nSPS) is 39.2. The number of rotatable bonds is 2. The number of hydrogen-bond donors (Lipinski definition) is 0. The van der Waals surface area contributed by atoms with Crippen LogP contribution < -0.4 is 0 Å². The van der Waals surface area contributed by atoms with Gasteiger partial charge in [-0.15, -0.1) is 0 Å². The van der Waals surface area contributed by atoms with E-state index in [1.165, 1.54) is 51.4 Å². The highest BCUT2D eigenvalue weighted by atomic mass is 127. The molecule has 2 rings (SSSR count). The summed E-state index contributed by atoms with van der Waals surface area (Å²) < 4.78 is 7.43. The molecule has 1 aliphatic heterocycles. The van der Waals surface area contributed by atoms with Gasteiger partial charge in [0.2, 0.25) is 0 Å². The van der Waals surface area contributed by atoms with Crippen LogP contribution >= 0.6 is 22.6 Å². The molecular formula is C13H23IO. The third-order valence-corrected chi connectivity index (χ3v) is 5.72. The molecule has 0 radical (unpaired) electrons. The van der Waals surface area contributed by atoms with Gasteiger partial charge in [-0.2, -0.15) is 0 Å². The van der Waals surface area contributed by atoms with E-state index < -0.39 is 0 Å². The van der Waals surface area contributed by atoms with E-state index in [1.807, 2.05) is 0 Å². The fourth-order valence-corrected chi connectivity index (χ4v) is 3.61. The topological polar surface area (TPSA) is 9.23 Å². The van der Waals surface area contributed by atoms with Gasteiger partial charge in [0.15, 0.2) is 0 Å². The highest BCUT2D eigenvalue weighted by molar-refractivity contribution is 14.1. The molecule has 1 saturated carbocycles. The lowest BCUT2D eigenvalue weighted by molar-refractivity contribution is -0.0388. The standard InChI is InChI=1S/C13H23IO/c1-13(10-14)9-8-12(15-13)11-6-4-2-3-5-7-11/h11-12H,2-10H2,1H3. The first-order chi connectivity index (χ1) is 7.23. The predicted octanol–water partition coefficient (Wildman–Crippen LogP) is 4.33. The summed E-state index contributed by atoms with van der Waals surface area (Å²) in [5.41, 5.74) is 0.192. The van der Waals surface area contributed by atoms with E-state index in [0.717, 1.165) is 10.3 Å². The Morgan fingerprint density at radius 2 is 1.80 bits per heavy atom. The van der Waals surface area contributed by atoms with Crippen molar-refractivity contribution in [2.45, 2.75) is 70.0 Å². The first-order valence-electron chi connectivity index (χ1n) is 6.47. The zero-order chi connectivity index (χ0) is 10.7. The van der Waals surface area contributed by atoms with Crippen LogP contribution in [0.25, 0.3) is 0 Å². The van der Waals surface area contributed by atoms with Crippen molar-refractivity contribution in [1.29, 1.82) is 0 Å². The second-order valence-corrected chi connectivity index (χ2v) is 6.29. The molecule has 0 amide bonds. The van der Waals surface area contributed by atoms with E-state index in [-0.39, 0.29) is 5.60 Å².